The van der Waals surface area contributed by atoms with Crippen LogP contribution in [-0.2, 0) is 4.79 Å². The second-order valence-electron chi connectivity index (χ2n) is 6.55. The highest BCUT2D eigenvalue weighted by atomic mass is 19.1. The maximum atomic E-state index is 13.0. The Hall–Kier alpha value is -2.26. The number of Topliss-reactive ketones (excluding diaryl/α,β-unsaturated/α-hetero) is 1. The van der Waals surface area contributed by atoms with Crippen molar-refractivity contribution < 1.29 is 14.0 Å². The van der Waals surface area contributed by atoms with E-state index in [0.29, 0.717) is 25.1 Å². The van der Waals surface area contributed by atoms with Crippen molar-refractivity contribution >= 4 is 11.7 Å². The van der Waals surface area contributed by atoms with Crippen LogP contribution in [0.5, 0.6) is 0 Å². The fourth-order valence-corrected chi connectivity index (χ4v) is 3.23. The predicted octanol–water partition coefficient (Wildman–Crippen LogP) is 2.48. The minimum absolute atomic E-state index is 0.00202. The number of likely N-dealkylation sites (N-methyl/N-ethyl adjacent to an activating group) is 1. The summed E-state index contributed by atoms with van der Waals surface area (Å²) in [6.45, 7) is 3.54. The van der Waals surface area contributed by atoms with E-state index >= 15 is 0 Å². The number of carbonyl (C=O) groups excluding carboxylic acids is 2. The van der Waals surface area contributed by atoms with E-state index in [1.54, 1.807) is 11.9 Å². The highest BCUT2D eigenvalue weighted by molar-refractivity contribution is 5.98. The number of rotatable bonds is 6. The third kappa shape index (κ3) is 4.86. The summed E-state index contributed by atoms with van der Waals surface area (Å²) >= 11 is 0. The molecule has 134 valence electrons. The number of piperidine rings is 1. The van der Waals surface area contributed by atoms with Gasteiger partial charge in [0.25, 0.3) is 0 Å². The lowest BCUT2D eigenvalue weighted by Gasteiger charge is -2.36. The molecular weight excluding hydrogens is 321 g/mol. The van der Waals surface area contributed by atoms with Crippen LogP contribution < -0.4 is 0 Å². The molecule has 1 aromatic carbocycles. The fraction of sp³-hybridized carbons (Fsp3) is 0.526. The Morgan fingerprint density at radius 2 is 2.08 bits per heavy atom. The van der Waals surface area contributed by atoms with E-state index in [1.165, 1.54) is 24.3 Å². The Morgan fingerprint density at radius 3 is 2.72 bits per heavy atom. The summed E-state index contributed by atoms with van der Waals surface area (Å²) in [7, 11) is 1.70. The Morgan fingerprint density at radius 1 is 1.40 bits per heavy atom. The van der Waals surface area contributed by atoms with Gasteiger partial charge in [0.15, 0.2) is 5.78 Å². The molecule has 1 aliphatic rings. The molecule has 5 nitrogen and oxygen atoms in total. The lowest BCUT2D eigenvalue weighted by Crippen LogP contribution is -2.50. The minimum Gasteiger partial charge on any atom is -0.343 e. The number of benzene rings is 1. The van der Waals surface area contributed by atoms with Gasteiger partial charge in [-0.1, -0.05) is 0 Å². The van der Waals surface area contributed by atoms with Crippen LogP contribution in [0.1, 0.15) is 36.5 Å². The fourth-order valence-electron chi connectivity index (χ4n) is 3.23. The van der Waals surface area contributed by atoms with E-state index in [2.05, 4.69) is 0 Å². The van der Waals surface area contributed by atoms with Gasteiger partial charge >= 0.3 is 0 Å². The number of hydrogen-bond acceptors (Lipinski definition) is 4. The van der Waals surface area contributed by atoms with Crippen molar-refractivity contribution in [1.29, 1.82) is 5.26 Å². The normalized spacial score (nSPS) is 19.0. The lowest BCUT2D eigenvalue weighted by molar-refractivity contribution is -0.135. The first-order valence-electron chi connectivity index (χ1n) is 8.59. The summed E-state index contributed by atoms with van der Waals surface area (Å²) in [5.74, 6) is -0.576. The molecule has 2 rings (SSSR count). The average Bonchev–Trinajstić information content (AvgIpc) is 2.65. The Bertz CT molecular complexity index is 654. The standard InChI is InChI=1S/C19H24FN3O2/c1-14(19(25)22(2)11-4-10-21)23-12-3-5-16(13-23)18(24)15-6-8-17(20)9-7-15/h6-9,14,16H,3-5,11-13H2,1-2H3. The maximum absolute atomic E-state index is 13.0. The van der Waals surface area contributed by atoms with E-state index in [4.69, 9.17) is 5.26 Å². The van der Waals surface area contributed by atoms with Crippen LogP contribution in [-0.4, -0.2) is 54.2 Å². The van der Waals surface area contributed by atoms with Crippen LogP contribution in [0.2, 0.25) is 0 Å². The van der Waals surface area contributed by atoms with Crippen LogP contribution >= 0.6 is 0 Å². The molecule has 0 saturated carbocycles. The molecular formula is C19H24FN3O2. The van der Waals surface area contributed by atoms with Crippen molar-refractivity contribution in [2.24, 2.45) is 5.92 Å². The SMILES string of the molecule is CC(C(=O)N(C)CCC#N)N1CCCC(C(=O)c2ccc(F)cc2)C1. The number of nitrogens with zero attached hydrogens (tertiary/aromatic N) is 3. The molecule has 1 heterocycles. The summed E-state index contributed by atoms with van der Waals surface area (Å²) in [5, 5.41) is 8.65. The first kappa shape index (κ1) is 19.1. The Labute approximate surface area is 148 Å². The number of likely N-dealkylation sites (tertiary alicyclic amines) is 1. The second-order valence-corrected chi connectivity index (χ2v) is 6.55. The summed E-state index contributed by atoms with van der Waals surface area (Å²) in [5.41, 5.74) is 0.512. The molecule has 25 heavy (non-hydrogen) atoms. The molecule has 0 aliphatic carbocycles. The third-order valence-electron chi connectivity index (χ3n) is 4.79. The van der Waals surface area contributed by atoms with Gasteiger partial charge in [-0.15, -0.1) is 0 Å². The van der Waals surface area contributed by atoms with Crippen molar-refractivity contribution in [3.8, 4) is 6.07 Å². The highest BCUT2D eigenvalue weighted by Gasteiger charge is 2.32. The molecule has 0 spiro atoms. The predicted molar refractivity (Wildman–Crippen MR) is 92.4 cm³/mol. The number of carbonyl (C=O) groups is 2. The molecule has 0 N–H and O–H groups in total. The van der Waals surface area contributed by atoms with Gasteiger partial charge in [0.2, 0.25) is 5.91 Å². The molecule has 6 heteroatoms. The second kappa shape index (κ2) is 8.72. The van der Waals surface area contributed by atoms with Gasteiger partial charge in [0, 0.05) is 31.6 Å². The molecule has 1 fully saturated rings. The number of nitriles is 1. The lowest BCUT2D eigenvalue weighted by atomic mass is 9.89. The summed E-state index contributed by atoms with van der Waals surface area (Å²) in [4.78, 5) is 28.7. The molecule has 2 atom stereocenters. The molecule has 2 unspecified atom stereocenters. The minimum atomic E-state index is -0.360. The van der Waals surface area contributed by atoms with E-state index in [9.17, 15) is 14.0 Å². The summed E-state index contributed by atoms with van der Waals surface area (Å²) in [6.07, 6.45) is 1.93. The monoisotopic (exact) mass is 345 g/mol. The molecule has 0 bridgehead atoms. The van der Waals surface area contributed by atoms with Crippen LogP contribution in [0.4, 0.5) is 4.39 Å². The van der Waals surface area contributed by atoms with Crippen LogP contribution in [0, 0.1) is 23.1 Å². The molecule has 0 aromatic heterocycles. The zero-order valence-electron chi connectivity index (χ0n) is 14.7. The number of halogens is 1. The van der Waals surface area contributed by atoms with Gasteiger partial charge in [0.05, 0.1) is 18.5 Å². The molecule has 1 aromatic rings. The molecule has 0 radical (unpaired) electrons. The Balaban J connectivity index is 2.00. The van der Waals surface area contributed by atoms with Crippen molar-refractivity contribution in [2.45, 2.75) is 32.2 Å². The van der Waals surface area contributed by atoms with Crippen molar-refractivity contribution in [2.75, 3.05) is 26.7 Å². The van der Waals surface area contributed by atoms with Gasteiger partial charge in [-0.25, -0.2) is 4.39 Å². The zero-order chi connectivity index (χ0) is 18.4. The molecule has 1 amide bonds. The van der Waals surface area contributed by atoms with Crippen LogP contribution in [0.3, 0.4) is 0 Å². The summed E-state index contributed by atoms with van der Waals surface area (Å²) in [6, 6.07) is 7.33. The van der Waals surface area contributed by atoms with Crippen LogP contribution in [0.25, 0.3) is 0 Å². The van der Waals surface area contributed by atoms with Gasteiger partial charge in [-0.2, -0.15) is 5.26 Å². The first-order chi connectivity index (χ1) is 11.9. The first-order valence-corrected chi connectivity index (χ1v) is 8.59. The average molecular weight is 345 g/mol. The quantitative estimate of drug-likeness (QED) is 0.743. The van der Waals surface area contributed by atoms with Crippen molar-refractivity contribution in [1.82, 2.24) is 9.80 Å². The van der Waals surface area contributed by atoms with Gasteiger partial charge < -0.3 is 4.90 Å². The van der Waals surface area contributed by atoms with Crippen molar-refractivity contribution in [3.63, 3.8) is 0 Å². The molecule has 1 saturated heterocycles. The third-order valence-corrected chi connectivity index (χ3v) is 4.79. The number of ketones is 1. The largest absolute Gasteiger partial charge is 0.343 e. The van der Waals surface area contributed by atoms with E-state index in [0.717, 1.165) is 19.4 Å². The number of amides is 1. The van der Waals surface area contributed by atoms with E-state index < -0.39 is 0 Å². The summed E-state index contributed by atoms with van der Waals surface area (Å²) < 4.78 is 13.0. The zero-order valence-corrected chi connectivity index (χ0v) is 14.7. The Kier molecular flexibility index (Phi) is 6.65. The van der Waals surface area contributed by atoms with Gasteiger partial charge in [0.1, 0.15) is 5.82 Å². The maximum Gasteiger partial charge on any atom is 0.239 e. The highest BCUT2D eigenvalue weighted by Crippen LogP contribution is 2.23. The number of hydrogen-bond donors (Lipinski definition) is 0. The van der Waals surface area contributed by atoms with Crippen LogP contribution in [0.15, 0.2) is 24.3 Å². The topological polar surface area (TPSA) is 64.4 Å². The smallest absolute Gasteiger partial charge is 0.239 e. The van der Waals surface area contributed by atoms with Gasteiger partial charge in [-0.3, -0.25) is 14.5 Å². The van der Waals surface area contributed by atoms with Crippen molar-refractivity contribution in [3.05, 3.63) is 35.6 Å². The van der Waals surface area contributed by atoms with E-state index in [-0.39, 0.29) is 29.5 Å². The van der Waals surface area contributed by atoms with E-state index in [1.807, 2.05) is 17.9 Å². The van der Waals surface area contributed by atoms with Gasteiger partial charge in [-0.05, 0) is 50.6 Å². The molecule has 1 aliphatic heterocycles.